The van der Waals surface area contributed by atoms with Gasteiger partial charge in [0, 0.05) is 5.56 Å². The van der Waals surface area contributed by atoms with Crippen molar-refractivity contribution in [2.24, 2.45) is 0 Å². The molecule has 4 nitrogen and oxygen atoms in total. The molecule has 0 unspecified atom stereocenters. The van der Waals surface area contributed by atoms with Gasteiger partial charge in [0.1, 0.15) is 12.4 Å². The summed E-state index contributed by atoms with van der Waals surface area (Å²) in [6.45, 7) is 8.48. The first-order chi connectivity index (χ1) is 11.9. The summed E-state index contributed by atoms with van der Waals surface area (Å²) in [5.74, 6) is 0.824. The van der Waals surface area contributed by atoms with E-state index in [-0.39, 0.29) is 6.61 Å². The molecule has 0 saturated heterocycles. The zero-order valence-electron chi connectivity index (χ0n) is 15.4. The summed E-state index contributed by atoms with van der Waals surface area (Å²) >= 11 is 0.961. The summed E-state index contributed by atoms with van der Waals surface area (Å²) in [5, 5.41) is 10.4. The number of carbonyl (C=O) groups excluding carboxylic acids is 1. The Morgan fingerprint density at radius 1 is 1.16 bits per heavy atom. The minimum atomic E-state index is -0.425. The Labute approximate surface area is 153 Å². The van der Waals surface area contributed by atoms with Crippen molar-refractivity contribution in [3.63, 3.8) is 0 Å². The highest BCUT2D eigenvalue weighted by molar-refractivity contribution is 8.13. The van der Waals surface area contributed by atoms with Crippen LogP contribution in [0.4, 0.5) is 10.5 Å². The highest BCUT2D eigenvalue weighted by Gasteiger charge is 2.18. The van der Waals surface area contributed by atoms with Gasteiger partial charge in [-0.3, -0.25) is 10.0 Å². The SMILES string of the molecule is CCc1cc(C)c(OCc2c(C)cccc2N(O)C(=O)SC)cc1C. The molecular formula is C20H25NO3S. The third-order valence-corrected chi connectivity index (χ3v) is 4.87. The Balaban J connectivity index is 2.30. The van der Waals surface area contributed by atoms with E-state index in [1.165, 1.54) is 11.1 Å². The van der Waals surface area contributed by atoms with Crippen LogP contribution >= 0.6 is 11.8 Å². The van der Waals surface area contributed by atoms with Crippen LogP contribution in [0.3, 0.4) is 0 Å². The van der Waals surface area contributed by atoms with Crippen molar-refractivity contribution in [3.05, 3.63) is 58.1 Å². The molecule has 0 aliphatic carbocycles. The second kappa shape index (κ2) is 8.41. The first-order valence-corrected chi connectivity index (χ1v) is 9.49. The number of carbonyl (C=O) groups is 1. The molecule has 2 aromatic carbocycles. The van der Waals surface area contributed by atoms with Gasteiger partial charge in [0.05, 0.1) is 5.69 Å². The van der Waals surface area contributed by atoms with Crippen molar-refractivity contribution in [1.82, 2.24) is 0 Å². The van der Waals surface area contributed by atoms with Gasteiger partial charge in [-0.15, -0.1) is 0 Å². The lowest BCUT2D eigenvalue weighted by Gasteiger charge is -2.20. The molecule has 0 aliphatic rings. The maximum absolute atomic E-state index is 11.8. The number of rotatable bonds is 5. The maximum Gasteiger partial charge on any atom is 0.309 e. The van der Waals surface area contributed by atoms with Crippen LogP contribution in [0.1, 0.15) is 34.7 Å². The van der Waals surface area contributed by atoms with Crippen LogP contribution in [0.2, 0.25) is 0 Å². The minimum absolute atomic E-state index is 0.284. The standard InChI is InChI=1S/C20H25NO3S/c1-6-16-10-15(4)19(11-14(16)3)24-12-17-13(2)8-7-9-18(17)21(23)20(22)25-5/h7-11,23H,6,12H2,1-5H3. The zero-order chi connectivity index (χ0) is 18.6. The Morgan fingerprint density at radius 3 is 2.52 bits per heavy atom. The number of aryl methyl sites for hydroxylation is 4. The minimum Gasteiger partial charge on any atom is -0.489 e. The van der Waals surface area contributed by atoms with Crippen molar-refractivity contribution in [2.45, 2.75) is 40.7 Å². The third kappa shape index (κ3) is 4.35. The van der Waals surface area contributed by atoms with E-state index in [9.17, 15) is 10.0 Å². The molecule has 0 aromatic heterocycles. The molecule has 1 N–H and O–H groups in total. The van der Waals surface area contributed by atoms with Gasteiger partial charge in [-0.05, 0) is 67.8 Å². The normalized spacial score (nSPS) is 10.6. The Bertz CT molecular complexity index is 774. The molecule has 0 atom stereocenters. The average Bonchev–Trinajstić information content (AvgIpc) is 2.61. The molecule has 2 aromatic rings. The highest BCUT2D eigenvalue weighted by Crippen LogP contribution is 2.28. The summed E-state index contributed by atoms with van der Waals surface area (Å²) in [4.78, 5) is 11.8. The first-order valence-electron chi connectivity index (χ1n) is 8.27. The smallest absolute Gasteiger partial charge is 0.309 e. The van der Waals surface area contributed by atoms with Crippen LogP contribution in [-0.4, -0.2) is 16.7 Å². The van der Waals surface area contributed by atoms with E-state index in [4.69, 9.17) is 4.74 Å². The van der Waals surface area contributed by atoms with E-state index in [0.29, 0.717) is 10.8 Å². The molecule has 0 saturated carbocycles. The van der Waals surface area contributed by atoms with Gasteiger partial charge in [0.25, 0.3) is 0 Å². The van der Waals surface area contributed by atoms with E-state index in [1.807, 2.05) is 26.0 Å². The quantitative estimate of drug-likeness (QED) is 0.571. The molecule has 0 bridgehead atoms. The summed E-state index contributed by atoms with van der Waals surface area (Å²) in [7, 11) is 0. The average molecular weight is 359 g/mol. The number of hydroxylamine groups is 1. The lowest BCUT2D eigenvalue weighted by atomic mass is 10.0. The molecule has 0 spiro atoms. The largest absolute Gasteiger partial charge is 0.489 e. The molecule has 25 heavy (non-hydrogen) atoms. The fourth-order valence-electron chi connectivity index (χ4n) is 2.79. The van der Waals surface area contributed by atoms with Gasteiger partial charge in [-0.2, -0.15) is 5.06 Å². The number of ether oxygens (including phenoxy) is 1. The van der Waals surface area contributed by atoms with Crippen LogP contribution in [0.5, 0.6) is 5.75 Å². The number of hydrogen-bond acceptors (Lipinski definition) is 4. The van der Waals surface area contributed by atoms with Crippen molar-refractivity contribution in [3.8, 4) is 5.75 Å². The number of amides is 1. The molecular weight excluding hydrogens is 334 g/mol. The van der Waals surface area contributed by atoms with Crippen LogP contribution in [0.25, 0.3) is 0 Å². The van der Waals surface area contributed by atoms with Crippen molar-refractivity contribution in [2.75, 3.05) is 11.3 Å². The molecule has 2 rings (SSSR count). The zero-order valence-corrected chi connectivity index (χ0v) is 16.2. The summed E-state index contributed by atoms with van der Waals surface area (Å²) < 4.78 is 6.03. The summed E-state index contributed by atoms with van der Waals surface area (Å²) in [5.41, 5.74) is 5.81. The van der Waals surface area contributed by atoms with Crippen LogP contribution in [-0.2, 0) is 13.0 Å². The lowest BCUT2D eigenvalue weighted by molar-refractivity contribution is 0.223. The molecule has 5 heteroatoms. The fraction of sp³-hybridized carbons (Fsp3) is 0.350. The van der Waals surface area contributed by atoms with E-state index in [0.717, 1.165) is 40.6 Å². The molecule has 0 radical (unpaired) electrons. The number of thioether (sulfide) groups is 1. The predicted octanol–water partition coefficient (Wildman–Crippen LogP) is 5.43. The monoisotopic (exact) mass is 359 g/mol. The molecule has 134 valence electrons. The Morgan fingerprint density at radius 2 is 1.88 bits per heavy atom. The number of anilines is 1. The van der Waals surface area contributed by atoms with E-state index < -0.39 is 5.24 Å². The highest BCUT2D eigenvalue weighted by atomic mass is 32.2. The second-order valence-electron chi connectivity index (χ2n) is 6.04. The summed E-state index contributed by atoms with van der Waals surface area (Å²) in [6, 6.07) is 9.68. The molecule has 0 aliphatic heterocycles. The van der Waals surface area contributed by atoms with E-state index in [2.05, 4.69) is 26.0 Å². The van der Waals surface area contributed by atoms with Gasteiger partial charge >= 0.3 is 5.24 Å². The lowest BCUT2D eigenvalue weighted by Crippen LogP contribution is -2.24. The van der Waals surface area contributed by atoms with Crippen LogP contribution in [0, 0.1) is 20.8 Å². The van der Waals surface area contributed by atoms with Gasteiger partial charge < -0.3 is 4.74 Å². The number of benzene rings is 2. The molecule has 0 heterocycles. The number of nitrogens with zero attached hydrogens (tertiary/aromatic N) is 1. The Kier molecular flexibility index (Phi) is 6.51. The van der Waals surface area contributed by atoms with Gasteiger partial charge in [0.15, 0.2) is 0 Å². The Hall–Kier alpha value is -1.98. The number of hydrogen-bond donors (Lipinski definition) is 1. The maximum atomic E-state index is 11.8. The van der Waals surface area contributed by atoms with Gasteiger partial charge in [-0.25, -0.2) is 0 Å². The van der Waals surface area contributed by atoms with Gasteiger partial charge in [0.2, 0.25) is 0 Å². The van der Waals surface area contributed by atoms with Crippen LogP contribution < -0.4 is 9.80 Å². The molecule has 1 amide bonds. The van der Waals surface area contributed by atoms with Crippen molar-refractivity contribution in [1.29, 1.82) is 0 Å². The second-order valence-corrected chi connectivity index (χ2v) is 6.80. The van der Waals surface area contributed by atoms with Crippen molar-refractivity contribution >= 4 is 22.7 Å². The fourth-order valence-corrected chi connectivity index (χ4v) is 3.06. The van der Waals surface area contributed by atoms with E-state index in [1.54, 1.807) is 12.3 Å². The van der Waals surface area contributed by atoms with Crippen molar-refractivity contribution < 1.29 is 14.7 Å². The predicted molar refractivity (Wildman–Crippen MR) is 104 cm³/mol. The topological polar surface area (TPSA) is 49.8 Å². The molecule has 0 fully saturated rings. The van der Waals surface area contributed by atoms with Gasteiger partial charge in [-0.1, -0.05) is 36.9 Å². The first kappa shape index (κ1) is 19.3. The summed E-state index contributed by atoms with van der Waals surface area (Å²) in [6.07, 6.45) is 2.63. The van der Waals surface area contributed by atoms with Crippen LogP contribution in [0.15, 0.2) is 30.3 Å². The van der Waals surface area contributed by atoms with E-state index >= 15 is 0 Å². The third-order valence-electron chi connectivity index (χ3n) is 4.35.